The maximum absolute atomic E-state index is 7.41. The van der Waals surface area contributed by atoms with Crippen LogP contribution in [0.3, 0.4) is 0 Å². The van der Waals surface area contributed by atoms with Crippen molar-refractivity contribution in [3.8, 4) is 0 Å². The molecule has 0 amide bonds. The SMILES string of the molecule is Cc1cc(C(=N)N)nc(Sc2ccc(Cl)c(Cl)c2)n1. The molecule has 0 aliphatic heterocycles. The average molecular weight is 313 g/mol. The summed E-state index contributed by atoms with van der Waals surface area (Å²) in [6.45, 7) is 1.83. The maximum atomic E-state index is 7.41. The van der Waals surface area contributed by atoms with E-state index in [4.69, 9.17) is 34.3 Å². The first kappa shape index (κ1) is 14.1. The zero-order chi connectivity index (χ0) is 14.0. The fourth-order valence-corrected chi connectivity index (χ4v) is 2.59. The Hall–Kier alpha value is -1.30. The topological polar surface area (TPSA) is 75.7 Å². The molecule has 0 atom stereocenters. The summed E-state index contributed by atoms with van der Waals surface area (Å²) in [7, 11) is 0. The van der Waals surface area contributed by atoms with Gasteiger partial charge < -0.3 is 5.73 Å². The molecule has 7 heteroatoms. The lowest BCUT2D eigenvalue weighted by Crippen LogP contribution is -2.14. The largest absolute Gasteiger partial charge is 0.382 e. The van der Waals surface area contributed by atoms with E-state index in [0.29, 0.717) is 20.9 Å². The van der Waals surface area contributed by atoms with E-state index in [1.807, 2.05) is 13.0 Å². The lowest BCUT2D eigenvalue weighted by atomic mass is 10.3. The van der Waals surface area contributed by atoms with Crippen molar-refractivity contribution in [1.82, 2.24) is 9.97 Å². The van der Waals surface area contributed by atoms with Gasteiger partial charge in [0, 0.05) is 10.6 Å². The number of aromatic nitrogens is 2. The highest BCUT2D eigenvalue weighted by molar-refractivity contribution is 7.99. The van der Waals surface area contributed by atoms with Gasteiger partial charge in [0.2, 0.25) is 0 Å². The number of hydrogen-bond donors (Lipinski definition) is 2. The first-order chi connectivity index (χ1) is 8.95. The summed E-state index contributed by atoms with van der Waals surface area (Å²) in [4.78, 5) is 9.36. The van der Waals surface area contributed by atoms with Gasteiger partial charge >= 0.3 is 0 Å². The van der Waals surface area contributed by atoms with E-state index < -0.39 is 0 Å². The van der Waals surface area contributed by atoms with Crippen LogP contribution in [-0.2, 0) is 0 Å². The van der Waals surface area contributed by atoms with Crippen molar-refractivity contribution in [2.75, 3.05) is 0 Å². The van der Waals surface area contributed by atoms with E-state index in [1.165, 1.54) is 11.8 Å². The number of benzene rings is 1. The number of halogens is 2. The third-order valence-electron chi connectivity index (χ3n) is 2.21. The van der Waals surface area contributed by atoms with E-state index >= 15 is 0 Å². The lowest BCUT2D eigenvalue weighted by molar-refractivity contribution is 0.921. The van der Waals surface area contributed by atoms with Gasteiger partial charge in [-0.2, -0.15) is 0 Å². The zero-order valence-corrected chi connectivity index (χ0v) is 12.3. The summed E-state index contributed by atoms with van der Waals surface area (Å²) in [6.07, 6.45) is 0. The van der Waals surface area contributed by atoms with E-state index in [-0.39, 0.29) is 5.84 Å². The van der Waals surface area contributed by atoms with Crippen molar-refractivity contribution in [1.29, 1.82) is 5.41 Å². The number of rotatable bonds is 3. The van der Waals surface area contributed by atoms with Crippen LogP contribution in [0.15, 0.2) is 34.3 Å². The molecule has 3 N–H and O–H groups in total. The third kappa shape index (κ3) is 3.59. The molecule has 1 aromatic carbocycles. The van der Waals surface area contributed by atoms with Crippen molar-refractivity contribution in [3.63, 3.8) is 0 Å². The van der Waals surface area contributed by atoms with E-state index in [2.05, 4.69) is 9.97 Å². The van der Waals surface area contributed by atoms with Crippen LogP contribution in [0.4, 0.5) is 0 Å². The Bertz CT molecular complexity index is 646. The van der Waals surface area contributed by atoms with Gasteiger partial charge in [-0.3, -0.25) is 5.41 Å². The molecular weight excluding hydrogens is 303 g/mol. The second-order valence-electron chi connectivity index (χ2n) is 3.77. The van der Waals surface area contributed by atoms with Gasteiger partial charge in [-0.25, -0.2) is 9.97 Å². The van der Waals surface area contributed by atoms with Crippen LogP contribution in [0.1, 0.15) is 11.4 Å². The van der Waals surface area contributed by atoms with Gasteiger partial charge in [-0.15, -0.1) is 0 Å². The summed E-state index contributed by atoms with van der Waals surface area (Å²) >= 11 is 13.2. The Morgan fingerprint density at radius 3 is 2.58 bits per heavy atom. The molecule has 0 saturated carbocycles. The smallest absolute Gasteiger partial charge is 0.193 e. The van der Waals surface area contributed by atoms with Crippen LogP contribution in [0.5, 0.6) is 0 Å². The number of nitrogens with two attached hydrogens (primary N) is 1. The minimum atomic E-state index is -0.0820. The molecule has 0 saturated heterocycles. The molecule has 2 rings (SSSR count). The van der Waals surface area contributed by atoms with Crippen LogP contribution in [0.25, 0.3) is 0 Å². The molecule has 0 spiro atoms. The average Bonchev–Trinajstić information content (AvgIpc) is 2.33. The Kier molecular flexibility index (Phi) is 4.29. The summed E-state index contributed by atoms with van der Waals surface area (Å²) in [5.74, 6) is -0.0820. The number of nitrogen functional groups attached to an aromatic ring is 1. The van der Waals surface area contributed by atoms with Gasteiger partial charge in [-0.05, 0) is 43.0 Å². The standard InChI is InChI=1S/C12H10Cl2N4S/c1-6-4-10(11(15)16)18-12(17-6)19-7-2-3-8(13)9(14)5-7/h2-5H,1H3,(H3,15,16). The maximum Gasteiger partial charge on any atom is 0.193 e. The Morgan fingerprint density at radius 1 is 1.21 bits per heavy atom. The molecule has 1 aromatic heterocycles. The predicted octanol–water partition coefficient (Wildman–Crippen LogP) is 3.53. The molecule has 0 unspecified atom stereocenters. The van der Waals surface area contributed by atoms with Crippen molar-refractivity contribution in [2.45, 2.75) is 17.0 Å². The molecule has 0 bridgehead atoms. The van der Waals surface area contributed by atoms with Gasteiger partial charge in [0.15, 0.2) is 5.16 Å². The number of amidine groups is 1. The number of aryl methyl sites for hydroxylation is 1. The van der Waals surface area contributed by atoms with E-state index in [1.54, 1.807) is 18.2 Å². The molecule has 0 fully saturated rings. The minimum absolute atomic E-state index is 0.0820. The van der Waals surface area contributed by atoms with Crippen molar-refractivity contribution in [2.24, 2.45) is 5.73 Å². The van der Waals surface area contributed by atoms with Crippen LogP contribution in [0.2, 0.25) is 10.0 Å². The van der Waals surface area contributed by atoms with Crippen molar-refractivity contribution in [3.05, 3.63) is 45.7 Å². The number of hydrogen-bond acceptors (Lipinski definition) is 4. The minimum Gasteiger partial charge on any atom is -0.382 e. The summed E-state index contributed by atoms with van der Waals surface area (Å²) in [5, 5.41) is 8.91. The quantitative estimate of drug-likeness (QED) is 0.516. The predicted molar refractivity (Wildman–Crippen MR) is 78.4 cm³/mol. The van der Waals surface area contributed by atoms with Crippen LogP contribution in [-0.4, -0.2) is 15.8 Å². The monoisotopic (exact) mass is 312 g/mol. The Morgan fingerprint density at radius 2 is 1.95 bits per heavy atom. The summed E-state index contributed by atoms with van der Waals surface area (Å²) < 4.78 is 0. The second kappa shape index (κ2) is 5.77. The first-order valence-corrected chi connectivity index (χ1v) is 6.86. The fraction of sp³-hybridized carbons (Fsp3) is 0.0833. The molecule has 1 heterocycles. The molecule has 0 aliphatic rings. The lowest BCUT2D eigenvalue weighted by Gasteiger charge is -2.05. The third-order valence-corrected chi connectivity index (χ3v) is 3.80. The summed E-state index contributed by atoms with van der Waals surface area (Å²) in [6, 6.07) is 6.96. The van der Waals surface area contributed by atoms with Gasteiger partial charge in [0.05, 0.1) is 10.0 Å². The molecule has 19 heavy (non-hydrogen) atoms. The highest BCUT2D eigenvalue weighted by atomic mass is 35.5. The molecule has 4 nitrogen and oxygen atoms in total. The van der Waals surface area contributed by atoms with Gasteiger partial charge in [0.25, 0.3) is 0 Å². The normalized spacial score (nSPS) is 10.5. The van der Waals surface area contributed by atoms with Crippen LogP contribution in [0, 0.1) is 12.3 Å². The van der Waals surface area contributed by atoms with Crippen molar-refractivity contribution < 1.29 is 0 Å². The highest BCUT2D eigenvalue weighted by Crippen LogP contribution is 2.31. The molecule has 98 valence electrons. The molecule has 2 aromatic rings. The first-order valence-electron chi connectivity index (χ1n) is 5.28. The van der Waals surface area contributed by atoms with Crippen LogP contribution >= 0.6 is 35.0 Å². The summed E-state index contributed by atoms with van der Waals surface area (Å²) in [5.41, 5.74) is 6.60. The highest BCUT2D eigenvalue weighted by Gasteiger charge is 2.07. The van der Waals surface area contributed by atoms with Gasteiger partial charge in [0.1, 0.15) is 11.5 Å². The number of nitrogens with zero attached hydrogens (tertiary/aromatic N) is 2. The molecule has 0 aliphatic carbocycles. The van der Waals surface area contributed by atoms with Crippen LogP contribution < -0.4 is 5.73 Å². The second-order valence-corrected chi connectivity index (χ2v) is 5.62. The molecular formula is C12H10Cl2N4S. The van der Waals surface area contributed by atoms with Crippen molar-refractivity contribution >= 4 is 40.8 Å². The fourth-order valence-electron chi connectivity index (χ4n) is 1.37. The van der Waals surface area contributed by atoms with E-state index in [9.17, 15) is 0 Å². The van der Waals surface area contributed by atoms with E-state index in [0.717, 1.165) is 10.6 Å². The molecule has 0 radical (unpaired) electrons. The Labute approximate surface area is 124 Å². The van der Waals surface area contributed by atoms with Gasteiger partial charge in [-0.1, -0.05) is 23.2 Å². The number of nitrogens with one attached hydrogen (secondary N) is 1. The zero-order valence-electron chi connectivity index (χ0n) is 9.95. The Balaban J connectivity index is 2.32.